The van der Waals surface area contributed by atoms with Gasteiger partial charge in [-0.25, -0.2) is 4.57 Å². The van der Waals surface area contributed by atoms with E-state index >= 15 is 0 Å². The standard InChI is InChI=1S/C22H23N2O/c1-13(2)17-10-20-16(11-23-17)22-19(25-20)9-7-15(4)21(22)18-8-6-14(3)12-24(18)5/h6-13H,1-5H3/q+1/i13D. The predicted molar refractivity (Wildman–Crippen MR) is 102 cm³/mol. The van der Waals surface area contributed by atoms with Crippen LogP contribution in [0.5, 0.6) is 0 Å². The van der Waals surface area contributed by atoms with E-state index in [9.17, 15) is 0 Å². The Labute approximate surface area is 149 Å². The second-order valence-electron chi connectivity index (χ2n) is 7.00. The Balaban J connectivity index is 2.08. The van der Waals surface area contributed by atoms with Gasteiger partial charge >= 0.3 is 0 Å². The van der Waals surface area contributed by atoms with E-state index in [0.29, 0.717) is 5.69 Å². The van der Waals surface area contributed by atoms with Crippen molar-refractivity contribution in [2.45, 2.75) is 33.6 Å². The van der Waals surface area contributed by atoms with Crippen LogP contribution in [0.1, 0.15) is 37.9 Å². The molecule has 0 N–H and O–H groups in total. The Bertz CT molecular complexity index is 1150. The summed E-state index contributed by atoms with van der Waals surface area (Å²) in [5, 5.41) is 2.08. The Hall–Kier alpha value is -2.68. The lowest BCUT2D eigenvalue weighted by Gasteiger charge is -2.07. The Morgan fingerprint density at radius 1 is 1.12 bits per heavy atom. The lowest BCUT2D eigenvalue weighted by Crippen LogP contribution is -2.31. The highest BCUT2D eigenvalue weighted by molar-refractivity contribution is 6.12. The number of nitrogens with zero attached hydrogens (tertiary/aromatic N) is 2. The van der Waals surface area contributed by atoms with Gasteiger partial charge in [0.15, 0.2) is 6.20 Å². The fourth-order valence-electron chi connectivity index (χ4n) is 3.48. The van der Waals surface area contributed by atoms with Crippen molar-refractivity contribution in [1.29, 1.82) is 0 Å². The van der Waals surface area contributed by atoms with Crippen LogP contribution < -0.4 is 4.57 Å². The van der Waals surface area contributed by atoms with Gasteiger partial charge in [-0.1, -0.05) is 19.9 Å². The highest BCUT2D eigenvalue weighted by Gasteiger charge is 2.21. The van der Waals surface area contributed by atoms with Crippen LogP contribution in [0.25, 0.3) is 33.2 Å². The first-order chi connectivity index (χ1) is 12.3. The van der Waals surface area contributed by atoms with E-state index in [-0.39, 0.29) is 0 Å². The number of aromatic nitrogens is 2. The van der Waals surface area contributed by atoms with Gasteiger partial charge in [0, 0.05) is 41.7 Å². The van der Waals surface area contributed by atoms with Crippen LogP contribution in [0.3, 0.4) is 0 Å². The molecular formula is C22H23N2O+. The Kier molecular flexibility index (Phi) is 3.34. The number of hydrogen-bond donors (Lipinski definition) is 0. The normalized spacial score (nSPS) is 12.8. The van der Waals surface area contributed by atoms with Crippen molar-refractivity contribution in [2.75, 3.05) is 0 Å². The molecule has 0 bridgehead atoms. The van der Waals surface area contributed by atoms with Gasteiger partial charge in [0.05, 0.1) is 5.56 Å². The van der Waals surface area contributed by atoms with Crippen molar-refractivity contribution >= 4 is 21.9 Å². The summed E-state index contributed by atoms with van der Waals surface area (Å²) in [5.74, 6) is -0.755. The second kappa shape index (κ2) is 5.69. The molecule has 0 saturated heterocycles. The van der Waals surface area contributed by atoms with Crippen LogP contribution in [0.4, 0.5) is 0 Å². The number of pyridine rings is 2. The van der Waals surface area contributed by atoms with Gasteiger partial charge in [0.25, 0.3) is 0 Å². The average molecular weight is 332 g/mol. The van der Waals surface area contributed by atoms with Crippen LogP contribution in [0.15, 0.2) is 47.1 Å². The van der Waals surface area contributed by atoms with Crippen molar-refractivity contribution in [3.63, 3.8) is 0 Å². The summed E-state index contributed by atoms with van der Waals surface area (Å²) in [6, 6.07) is 10.3. The molecule has 4 rings (SSSR count). The van der Waals surface area contributed by atoms with Crippen molar-refractivity contribution in [3.8, 4) is 11.3 Å². The first-order valence-corrected chi connectivity index (χ1v) is 8.55. The maximum atomic E-state index is 8.23. The lowest BCUT2D eigenvalue weighted by atomic mass is 9.98. The second-order valence-corrected chi connectivity index (χ2v) is 7.00. The summed E-state index contributed by atoms with van der Waals surface area (Å²) < 4.78 is 16.5. The van der Waals surface area contributed by atoms with Gasteiger partial charge in [-0.3, -0.25) is 4.98 Å². The maximum absolute atomic E-state index is 8.23. The number of furan rings is 1. The first kappa shape index (κ1) is 14.6. The molecule has 4 aromatic rings. The van der Waals surface area contributed by atoms with Crippen LogP contribution >= 0.6 is 0 Å². The first-order valence-electron chi connectivity index (χ1n) is 9.05. The van der Waals surface area contributed by atoms with Crippen molar-refractivity contribution < 1.29 is 10.4 Å². The van der Waals surface area contributed by atoms with Crippen molar-refractivity contribution in [2.24, 2.45) is 7.05 Å². The van der Waals surface area contributed by atoms with E-state index in [1.165, 1.54) is 16.7 Å². The van der Waals surface area contributed by atoms with Gasteiger partial charge < -0.3 is 4.42 Å². The molecule has 1 aromatic carbocycles. The van der Waals surface area contributed by atoms with Crippen LogP contribution in [0.2, 0.25) is 0 Å². The molecule has 0 radical (unpaired) electrons. The van der Waals surface area contributed by atoms with E-state index in [1.54, 1.807) is 0 Å². The summed E-state index contributed by atoms with van der Waals surface area (Å²) >= 11 is 0. The van der Waals surface area contributed by atoms with E-state index in [2.05, 4.69) is 54.8 Å². The highest BCUT2D eigenvalue weighted by atomic mass is 16.3. The number of aryl methyl sites for hydroxylation is 3. The number of hydrogen-bond acceptors (Lipinski definition) is 2. The van der Waals surface area contributed by atoms with E-state index in [1.807, 2.05) is 32.2 Å². The molecule has 3 aromatic heterocycles. The topological polar surface area (TPSA) is 29.9 Å². The quantitative estimate of drug-likeness (QED) is 0.471. The van der Waals surface area contributed by atoms with Gasteiger partial charge in [0.2, 0.25) is 5.69 Å². The zero-order valence-corrected chi connectivity index (χ0v) is 15.3. The molecule has 0 aliphatic heterocycles. The molecule has 0 saturated carbocycles. The summed E-state index contributed by atoms with van der Waals surface area (Å²) in [6.45, 7) is 7.90. The minimum absolute atomic E-state index is 0.711. The van der Waals surface area contributed by atoms with Gasteiger partial charge in [-0.05, 0) is 37.4 Å². The highest BCUT2D eigenvalue weighted by Crippen LogP contribution is 2.37. The molecule has 3 heterocycles. The molecule has 0 aliphatic carbocycles. The van der Waals surface area contributed by atoms with Crippen molar-refractivity contribution in [1.82, 2.24) is 4.98 Å². The minimum atomic E-state index is -0.755. The number of rotatable bonds is 2. The van der Waals surface area contributed by atoms with E-state index < -0.39 is 5.89 Å². The number of benzene rings is 1. The molecular weight excluding hydrogens is 308 g/mol. The zero-order chi connectivity index (χ0) is 18.6. The summed E-state index contributed by atoms with van der Waals surface area (Å²) in [6.07, 6.45) is 3.98. The molecule has 25 heavy (non-hydrogen) atoms. The third kappa shape index (κ3) is 2.51. The third-order valence-corrected chi connectivity index (χ3v) is 4.78. The SMILES string of the molecule is [2H]C(C)(C)c1cc2oc3ccc(C)c(-c4ccc(C)c[n+]4C)c3c2cn1. The fourth-order valence-corrected chi connectivity index (χ4v) is 3.48. The van der Waals surface area contributed by atoms with Crippen LogP contribution in [-0.2, 0) is 7.05 Å². The smallest absolute Gasteiger partial charge is 0.213 e. The molecule has 0 amide bonds. The monoisotopic (exact) mass is 332 g/mol. The fraction of sp³-hybridized carbons (Fsp3) is 0.273. The lowest BCUT2D eigenvalue weighted by molar-refractivity contribution is -0.660. The van der Waals surface area contributed by atoms with Gasteiger partial charge in [0.1, 0.15) is 18.2 Å². The maximum Gasteiger partial charge on any atom is 0.213 e. The molecule has 0 aliphatic rings. The van der Waals surface area contributed by atoms with Gasteiger partial charge in [-0.15, -0.1) is 0 Å². The molecule has 0 spiro atoms. The number of fused-ring (bicyclic) bond motifs is 3. The molecule has 126 valence electrons. The molecule has 0 atom stereocenters. The van der Waals surface area contributed by atoms with Gasteiger partial charge in [-0.2, -0.15) is 0 Å². The van der Waals surface area contributed by atoms with Crippen molar-refractivity contribution in [3.05, 3.63) is 59.5 Å². The molecule has 3 heteroatoms. The van der Waals surface area contributed by atoms with E-state index in [0.717, 1.165) is 27.6 Å². The van der Waals surface area contributed by atoms with Crippen LogP contribution in [0, 0.1) is 13.8 Å². The zero-order valence-electron chi connectivity index (χ0n) is 16.3. The Morgan fingerprint density at radius 3 is 2.64 bits per heavy atom. The molecule has 0 fully saturated rings. The summed E-state index contributed by atoms with van der Waals surface area (Å²) in [7, 11) is 2.07. The van der Waals surface area contributed by atoms with Crippen LogP contribution in [-0.4, -0.2) is 4.98 Å². The summed E-state index contributed by atoms with van der Waals surface area (Å²) in [4.78, 5) is 4.55. The largest absolute Gasteiger partial charge is 0.456 e. The predicted octanol–water partition coefficient (Wildman–Crippen LogP) is 5.21. The molecule has 0 unspecified atom stereocenters. The summed E-state index contributed by atoms with van der Waals surface area (Å²) in [5.41, 5.74) is 7.08. The Morgan fingerprint density at radius 2 is 1.92 bits per heavy atom. The minimum Gasteiger partial charge on any atom is -0.456 e. The average Bonchev–Trinajstić information content (AvgIpc) is 2.93. The van der Waals surface area contributed by atoms with E-state index in [4.69, 9.17) is 5.79 Å². The third-order valence-electron chi connectivity index (χ3n) is 4.78. The molecule has 3 nitrogen and oxygen atoms in total.